The van der Waals surface area contributed by atoms with Gasteiger partial charge in [0.25, 0.3) is 0 Å². The lowest BCUT2D eigenvalue weighted by Crippen LogP contribution is -2.30. The number of urea groups is 1. The molecule has 0 spiro atoms. The number of hydrogen-bond donors (Lipinski definition) is 2. The number of carbonyl (C=O) groups is 2. The molecule has 0 saturated heterocycles. The molecule has 0 aliphatic rings. The minimum atomic E-state index is -0.292. The first-order valence-electron chi connectivity index (χ1n) is 12.3. The molecule has 0 saturated carbocycles. The van der Waals surface area contributed by atoms with Gasteiger partial charge in [-0.2, -0.15) is 0 Å². The highest BCUT2D eigenvalue weighted by atomic mass is 16.3. The Labute approximate surface area is 209 Å². The highest BCUT2D eigenvalue weighted by molar-refractivity contribution is 5.92. The fourth-order valence-corrected chi connectivity index (χ4v) is 3.99. The number of hydrogen-bond acceptors (Lipinski definition) is 6. The van der Waals surface area contributed by atoms with Crippen molar-refractivity contribution in [1.82, 2.24) is 20.2 Å². The van der Waals surface area contributed by atoms with Crippen LogP contribution in [0, 0.1) is 0 Å². The Hall–Kier alpha value is -4.14. The largest absolute Gasteiger partial charge is 0.463 e. The molecule has 3 heterocycles. The molecule has 1 aromatic carbocycles. The Bertz CT molecular complexity index is 1280. The van der Waals surface area contributed by atoms with Gasteiger partial charge in [0.15, 0.2) is 11.5 Å². The average Bonchev–Trinajstić information content (AvgIpc) is 3.61. The van der Waals surface area contributed by atoms with Gasteiger partial charge in [0.2, 0.25) is 5.91 Å². The fourth-order valence-electron chi connectivity index (χ4n) is 3.99. The smallest absolute Gasteiger partial charge is 0.319 e. The number of furan rings is 2. The van der Waals surface area contributed by atoms with Gasteiger partial charge in [-0.25, -0.2) is 14.8 Å². The molecule has 36 heavy (non-hydrogen) atoms. The zero-order valence-corrected chi connectivity index (χ0v) is 20.6. The van der Waals surface area contributed by atoms with Gasteiger partial charge in [0.05, 0.1) is 23.6 Å². The quantitative estimate of drug-likeness (QED) is 0.261. The first-order valence-corrected chi connectivity index (χ1v) is 12.3. The summed E-state index contributed by atoms with van der Waals surface area (Å²) in [7, 11) is 0. The summed E-state index contributed by atoms with van der Waals surface area (Å²) in [6, 6.07) is 12.3. The maximum absolute atomic E-state index is 12.4. The minimum absolute atomic E-state index is 0.191. The monoisotopic (exact) mass is 489 g/mol. The summed E-state index contributed by atoms with van der Waals surface area (Å²) in [6.07, 6.45) is 6.23. The average molecular weight is 490 g/mol. The molecular formula is C27H31N5O4. The van der Waals surface area contributed by atoms with Crippen LogP contribution in [-0.2, 0) is 4.79 Å². The SMILES string of the molecule is CCN(CC)C(=O)CCCCCNC(=O)Nc1ccc2nc(-c3ccco3)c(-c3ccco3)nc2c1. The highest BCUT2D eigenvalue weighted by Crippen LogP contribution is 2.32. The summed E-state index contributed by atoms with van der Waals surface area (Å²) in [4.78, 5) is 35.7. The molecular weight excluding hydrogens is 458 g/mol. The second-order valence-corrected chi connectivity index (χ2v) is 8.34. The van der Waals surface area contributed by atoms with E-state index in [0.29, 0.717) is 52.6 Å². The summed E-state index contributed by atoms with van der Waals surface area (Å²) in [6.45, 7) is 6.00. The molecule has 188 valence electrons. The molecule has 4 rings (SSSR count). The molecule has 0 aliphatic carbocycles. The van der Waals surface area contributed by atoms with E-state index in [2.05, 4.69) is 10.6 Å². The lowest BCUT2D eigenvalue weighted by Gasteiger charge is -2.18. The Kier molecular flexibility index (Phi) is 8.33. The van der Waals surface area contributed by atoms with Crippen molar-refractivity contribution >= 4 is 28.7 Å². The number of benzene rings is 1. The number of fused-ring (bicyclic) bond motifs is 1. The summed E-state index contributed by atoms with van der Waals surface area (Å²) >= 11 is 0. The number of anilines is 1. The van der Waals surface area contributed by atoms with Gasteiger partial charge in [0, 0.05) is 31.7 Å². The number of nitrogens with one attached hydrogen (secondary N) is 2. The first kappa shape index (κ1) is 25.0. The maximum Gasteiger partial charge on any atom is 0.319 e. The second-order valence-electron chi connectivity index (χ2n) is 8.34. The van der Waals surface area contributed by atoms with Crippen LogP contribution in [0.5, 0.6) is 0 Å². The van der Waals surface area contributed by atoms with Crippen molar-refractivity contribution in [3.8, 4) is 22.9 Å². The van der Waals surface area contributed by atoms with Crippen molar-refractivity contribution in [3.05, 3.63) is 55.0 Å². The van der Waals surface area contributed by atoms with Crippen molar-refractivity contribution in [3.63, 3.8) is 0 Å². The molecule has 0 fully saturated rings. The van der Waals surface area contributed by atoms with Crippen LogP contribution in [0.1, 0.15) is 39.5 Å². The molecule has 9 heteroatoms. The number of carbonyl (C=O) groups excluding carboxylic acids is 2. The van der Waals surface area contributed by atoms with Gasteiger partial charge in [-0.1, -0.05) is 6.42 Å². The molecule has 3 aromatic heterocycles. The fraction of sp³-hybridized carbons (Fsp3) is 0.333. The van der Waals surface area contributed by atoms with E-state index in [4.69, 9.17) is 18.8 Å². The summed E-state index contributed by atoms with van der Waals surface area (Å²) in [5.74, 6) is 1.36. The van der Waals surface area contributed by atoms with Crippen LogP contribution in [0.15, 0.2) is 63.8 Å². The van der Waals surface area contributed by atoms with E-state index in [1.807, 2.05) is 36.9 Å². The van der Waals surface area contributed by atoms with Crippen LogP contribution < -0.4 is 10.6 Å². The normalized spacial score (nSPS) is 10.9. The highest BCUT2D eigenvalue weighted by Gasteiger charge is 2.17. The second kappa shape index (κ2) is 12.0. The third-order valence-corrected chi connectivity index (χ3v) is 5.90. The zero-order valence-electron chi connectivity index (χ0n) is 20.6. The number of unbranched alkanes of at least 4 members (excludes halogenated alkanes) is 2. The van der Waals surface area contributed by atoms with Crippen LogP contribution in [0.25, 0.3) is 33.9 Å². The lowest BCUT2D eigenvalue weighted by atomic mass is 10.1. The van der Waals surface area contributed by atoms with Gasteiger partial charge in [-0.15, -0.1) is 0 Å². The van der Waals surface area contributed by atoms with Crippen LogP contribution in [0.2, 0.25) is 0 Å². The van der Waals surface area contributed by atoms with Crippen LogP contribution in [-0.4, -0.2) is 46.4 Å². The van der Waals surface area contributed by atoms with Crippen LogP contribution >= 0.6 is 0 Å². The molecule has 4 aromatic rings. The zero-order chi connectivity index (χ0) is 25.3. The Balaban J connectivity index is 1.34. The maximum atomic E-state index is 12.4. The molecule has 9 nitrogen and oxygen atoms in total. The molecule has 2 N–H and O–H groups in total. The predicted molar refractivity (Wildman–Crippen MR) is 138 cm³/mol. The molecule has 0 atom stereocenters. The standard InChI is InChI=1S/C27H31N5O4/c1-3-32(4-2)24(33)12-6-5-7-15-28-27(34)29-19-13-14-20-21(18-19)31-26(23-11-9-17-36-23)25(30-20)22-10-8-16-35-22/h8-11,13-14,16-18H,3-7,12,15H2,1-2H3,(H2,28,29,34). The van der Waals surface area contributed by atoms with Gasteiger partial charge in [-0.3, -0.25) is 4.79 Å². The van der Waals surface area contributed by atoms with Crippen molar-refractivity contribution < 1.29 is 18.4 Å². The van der Waals surface area contributed by atoms with E-state index in [-0.39, 0.29) is 11.9 Å². The van der Waals surface area contributed by atoms with Crippen molar-refractivity contribution in [2.75, 3.05) is 25.0 Å². The summed E-state index contributed by atoms with van der Waals surface area (Å²) in [5, 5.41) is 5.71. The third kappa shape index (κ3) is 6.10. The third-order valence-electron chi connectivity index (χ3n) is 5.90. The molecule has 3 amide bonds. The predicted octanol–water partition coefficient (Wildman–Crippen LogP) is 5.70. The Morgan fingerprint density at radius 1 is 0.861 bits per heavy atom. The molecule has 0 aliphatic heterocycles. The summed E-state index contributed by atoms with van der Waals surface area (Å²) in [5.41, 5.74) is 3.03. The Morgan fingerprint density at radius 2 is 1.53 bits per heavy atom. The van der Waals surface area contributed by atoms with E-state index in [1.54, 1.807) is 36.8 Å². The van der Waals surface area contributed by atoms with Crippen molar-refractivity contribution in [1.29, 1.82) is 0 Å². The van der Waals surface area contributed by atoms with Crippen LogP contribution in [0.4, 0.5) is 10.5 Å². The van der Waals surface area contributed by atoms with E-state index in [0.717, 1.165) is 32.4 Å². The number of amides is 3. The number of rotatable bonds is 11. The van der Waals surface area contributed by atoms with E-state index in [9.17, 15) is 9.59 Å². The molecule has 0 bridgehead atoms. The van der Waals surface area contributed by atoms with Gasteiger partial charge < -0.3 is 24.4 Å². The topological polar surface area (TPSA) is 114 Å². The number of aromatic nitrogens is 2. The van der Waals surface area contributed by atoms with Gasteiger partial charge in [-0.05, 0) is 69.2 Å². The van der Waals surface area contributed by atoms with E-state index >= 15 is 0 Å². The minimum Gasteiger partial charge on any atom is -0.463 e. The van der Waals surface area contributed by atoms with Gasteiger partial charge >= 0.3 is 6.03 Å². The lowest BCUT2D eigenvalue weighted by molar-refractivity contribution is -0.130. The summed E-state index contributed by atoms with van der Waals surface area (Å²) < 4.78 is 11.1. The molecule has 0 radical (unpaired) electrons. The first-order chi connectivity index (χ1) is 17.6. The van der Waals surface area contributed by atoms with Crippen molar-refractivity contribution in [2.24, 2.45) is 0 Å². The van der Waals surface area contributed by atoms with Crippen LogP contribution in [0.3, 0.4) is 0 Å². The van der Waals surface area contributed by atoms with E-state index < -0.39 is 0 Å². The van der Waals surface area contributed by atoms with E-state index in [1.165, 1.54) is 0 Å². The van der Waals surface area contributed by atoms with Gasteiger partial charge in [0.1, 0.15) is 11.4 Å². The Morgan fingerprint density at radius 3 is 2.14 bits per heavy atom. The van der Waals surface area contributed by atoms with Crippen molar-refractivity contribution in [2.45, 2.75) is 39.5 Å². The molecule has 0 unspecified atom stereocenters. The number of nitrogens with zero attached hydrogens (tertiary/aromatic N) is 3.